The molecule has 2 saturated heterocycles. The zero-order valence-corrected chi connectivity index (χ0v) is 17.4. The molecule has 1 aliphatic carbocycles. The molecule has 3 aliphatic rings. The molecule has 0 spiro atoms. The van der Waals surface area contributed by atoms with E-state index in [1.54, 1.807) is 0 Å². The molecule has 0 radical (unpaired) electrons. The first-order chi connectivity index (χ1) is 15.3. The fourth-order valence-corrected chi connectivity index (χ4v) is 4.87. The van der Waals surface area contributed by atoms with Crippen LogP contribution in [0.5, 0.6) is 0 Å². The van der Waals surface area contributed by atoms with E-state index in [1.165, 1.54) is 12.8 Å². The van der Waals surface area contributed by atoms with Crippen LogP contribution in [0.1, 0.15) is 26.0 Å². The largest absolute Gasteiger partial charge is 0.377 e. The second kappa shape index (κ2) is 6.51. The van der Waals surface area contributed by atoms with Gasteiger partial charge in [0.25, 0.3) is 0 Å². The maximum atomic E-state index is 6.06. The van der Waals surface area contributed by atoms with E-state index < -0.39 is 0 Å². The van der Waals surface area contributed by atoms with Crippen molar-refractivity contribution < 1.29 is 9.47 Å². The lowest BCUT2D eigenvalue weighted by Gasteiger charge is -2.34. The molecule has 8 nitrogen and oxygen atoms in total. The number of hydrogen-bond donors (Lipinski definition) is 1. The van der Waals surface area contributed by atoms with Gasteiger partial charge in [-0.05, 0) is 43.9 Å². The molecule has 1 saturated carbocycles. The molecule has 6 heterocycles. The minimum absolute atomic E-state index is 0.0902. The average molecular weight is 416 g/mol. The summed E-state index contributed by atoms with van der Waals surface area (Å²) in [6.07, 6.45) is 8.81. The standard InChI is InChI=1S/C23H24N6O2/c1-13-12-30-11-10-28(13)21-17-6-9-29(23-18(31-23)14-2-3-14)22(17)27-20(26-21)16-5-8-25-19-15(16)4-7-24-19/h4-9,13-14,18,23H,2-3,10-12H2,1H3,(H,24,25)/t13-,18?,23?/m1/s1. The fourth-order valence-electron chi connectivity index (χ4n) is 4.87. The first-order valence-corrected chi connectivity index (χ1v) is 11.1. The van der Waals surface area contributed by atoms with Gasteiger partial charge >= 0.3 is 0 Å². The Morgan fingerprint density at radius 2 is 2.06 bits per heavy atom. The zero-order chi connectivity index (χ0) is 20.5. The van der Waals surface area contributed by atoms with E-state index in [-0.39, 0.29) is 12.3 Å². The van der Waals surface area contributed by atoms with Crippen molar-refractivity contribution in [2.45, 2.75) is 38.1 Å². The Morgan fingerprint density at radius 1 is 1.13 bits per heavy atom. The van der Waals surface area contributed by atoms with Gasteiger partial charge in [-0.3, -0.25) is 0 Å². The normalized spacial score (nSPS) is 26.1. The molecule has 3 fully saturated rings. The Bertz CT molecular complexity index is 1290. The van der Waals surface area contributed by atoms with Gasteiger partial charge in [0.2, 0.25) is 0 Å². The SMILES string of the molecule is C[C@@H]1COCCN1c1nc(-c2ccnc3[nH]ccc23)nc2c1ccn2C1OC1C1CC1. The van der Waals surface area contributed by atoms with Crippen LogP contribution >= 0.6 is 0 Å². The summed E-state index contributed by atoms with van der Waals surface area (Å²) in [6.45, 7) is 4.42. The molecular weight excluding hydrogens is 392 g/mol. The van der Waals surface area contributed by atoms with Gasteiger partial charge in [0, 0.05) is 36.1 Å². The van der Waals surface area contributed by atoms with Gasteiger partial charge in [-0.15, -0.1) is 0 Å². The molecule has 31 heavy (non-hydrogen) atoms. The number of epoxide rings is 1. The van der Waals surface area contributed by atoms with E-state index in [1.807, 2.05) is 24.5 Å². The number of rotatable bonds is 4. The van der Waals surface area contributed by atoms with Crippen LogP contribution in [-0.2, 0) is 9.47 Å². The van der Waals surface area contributed by atoms with Crippen LogP contribution in [0.3, 0.4) is 0 Å². The van der Waals surface area contributed by atoms with Crippen molar-refractivity contribution in [3.63, 3.8) is 0 Å². The highest BCUT2D eigenvalue weighted by molar-refractivity contribution is 5.95. The molecule has 8 heteroatoms. The van der Waals surface area contributed by atoms with E-state index >= 15 is 0 Å². The van der Waals surface area contributed by atoms with E-state index in [0.717, 1.165) is 45.8 Å². The second-order valence-electron chi connectivity index (χ2n) is 8.88. The van der Waals surface area contributed by atoms with Crippen molar-refractivity contribution in [2.75, 3.05) is 24.7 Å². The van der Waals surface area contributed by atoms with E-state index in [0.29, 0.717) is 25.2 Å². The summed E-state index contributed by atoms with van der Waals surface area (Å²) in [7, 11) is 0. The number of H-pyrrole nitrogens is 1. The second-order valence-corrected chi connectivity index (χ2v) is 8.88. The number of fused-ring (bicyclic) bond motifs is 2. The number of nitrogens with one attached hydrogen (secondary N) is 1. The van der Waals surface area contributed by atoms with Crippen molar-refractivity contribution in [2.24, 2.45) is 5.92 Å². The Morgan fingerprint density at radius 3 is 2.94 bits per heavy atom. The third-order valence-electron chi connectivity index (χ3n) is 6.75. The zero-order valence-electron chi connectivity index (χ0n) is 17.4. The minimum Gasteiger partial charge on any atom is -0.377 e. The molecule has 4 aromatic heterocycles. The predicted octanol–water partition coefficient (Wildman–Crippen LogP) is 3.51. The summed E-state index contributed by atoms with van der Waals surface area (Å²) >= 11 is 0. The third kappa shape index (κ3) is 2.78. The van der Waals surface area contributed by atoms with Crippen molar-refractivity contribution >= 4 is 27.9 Å². The molecule has 158 valence electrons. The van der Waals surface area contributed by atoms with Gasteiger partial charge in [0.1, 0.15) is 23.2 Å². The summed E-state index contributed by atoms with van der Waals surface area (Å²) in [6, 6.07) is 6.43. The molecule has 7 rings (SSSR count). The Kier molecular flexibility index (Phi) is 3.72. The van der Waals surface area contributed by atoms with Crippen LogP contribution in [0.4, 0.5) is 5.82 Å². The molecule has 0 amide bonds. The Labute approximate surface area is 179 Å². The van der Waals surface area contributed by atoms with Crippen LogP contribution in [0.25, 0.3) is 33.5 Å². The predicted molar refractivity (Wildman–Crippen MR) is 117 cm³/mol. The summed E-state index contributed by atoms with van der Waals surface area (Å²) in [5.74, 6) is 2.40. The quantitative estimate of drug-likeness (QED) is 0.513. The number of aromatic amines is 1. The molecule has 4 aromatic rings. The average Bonchev–Trinajstić information content (AvgIpc) is 3.69. The van der Waals surface area contributed by atoms with Crippen molar-refractivity contribution in [1.82, 2.24) is 24.5 Å². The third-order valence-corrected chi connectivity index (χ3v) is 6.75. The molecule has 1 N–H and O–H groups in total. The lowest BCUT2D eigenvalue weighted by Crippen LogP contribution is -2.44. The number of morpholine rings is 1. The van der Waals surface area contributed by atoms with Gasteiger partial charge in [-0.1, -0.05) is 0 Å². The molecule has 2 aliphatic heterocycles. The number of nitrogens with zero attached hydrogens (tertiary/aromatic N) is 5. The van der Waals surface area contributed by atoms with Gasteiger partial charge in [-0.2, -0.15) is 0 Å². The summed E-state index contributed by atoms with van der Waals surface area (Å²) in [4.78, 5) is 20.1. The highest BCUT2D eigenvalue weighted by Gasteiger charge is 2.51. The topological polar surface area (TPSA) is 84.4 Å². The van der Waals surface area contributed by atoms with Gasteiger partial charge in [0.15, 0.2) is 12.1 Å². The van der Waals surface area contributed by atoms with Crippen LogP contribution in [0.15, 0.2) is 36.8 Å². The molecule has 3 atom stereocenters. The summed E-state index contributed by atoms with van der Waals surface area (Å²) in [5, 5.41) is 2.10. The van der Waals surface area contributed by atoms with Crippen LogP contribution in [0.2, 0.25) is 0 Å². The van der Waals surface area contributed by atoms with Gasteiger partial charge in [-0.25, -0.2) is 15.0 Å². The number of aromatic nitrogens is 5. The van der Waals surface area contributed by atoms with Crippen LogP contribution in [0, 0.1) is 5.92 Å². The number of hydrogen-bond acceptors (Lipinski definition) is 6. The van der Waals surface area contributed by atoms with Gasteiger partial charge in [0.05, 0.1) is 24.6 Å². The van der Waals surface area contributed by atoms with Crippen molar-refractivity contribution in [3.05, 3.63) is 36.8 Å². The molecule has 0 bridgehead atoms. The summed E-state index contributed by atoms with van der Waals surface area (Å²) < 4.78 is 13.9. The summed E-state index contributed by atoms with van der Waals surface area (Å²) in [5.41, 5.74) is 2.77. The highest BCUT2D eigenvalue weighted by Crippen LogP contribution is 2.50. The smallest absolute Gasteiger partial charge is 0.164 e. The van der Waals surface area contributed by atoms with Gasteiger partial charge < -0.3 is 23.9 Å². The fraction of sp³-hybridized carbons (Fsp3) is 0.435. The Balaban J connectivity index is 1.43. The first kappa shape index (κ1) is 17.7. The monoisotopic (exact) mass is 416 g/mol. The molecule has 0 aromatic carbocycles. The van der Waals surface area contributed by atoms with E-state index in [2.05, 4.69) is 38.6 Å². The molecule has 2 unspecified atom stereocenters. The minimum atomic E-state index is 0.0902. The number of ether oxygens (including phenoxy) is 2. The van der Waals surface area contributed by atoms with Crippen LogP contribution in [-0.4, -0.2) is 56.4 Å². The highest BCUT2D eigenvalue weighted by atomic mass is 16.6. The maximum Gasteiger partial charge on any atom is 0.164 e. The lowest BCUT2D eigenvalue weighted by atomic mass is 10.1. The number of anilines is 1. The van der Waals surface area contributed by atoms with E-state index in [9.17, 15) is 0 Å². The molecular formula is C23H24N6O2. The maximum absolute atomic E-state index is 6.06. The number of pyridine rings is 1. The van der Waals surface area contributed by atoms with Crippen LogP contribution < -0.4 is 4.90 Å². The van der Waals surface area contributed by atoms with Crippen molar-refractivity contribution in [1.29, 1.82) is 0 Å². The first-order valence-electron chi connectivity index (χ1n) is 11.1. The van der Waals surface area contributed by atoms with E-state index in [4.69, 9.17) is 19.4 Å². The van der Waals surface area contributed by atoms with Crippen molar-refractivity contribution in [3.8, 4) is 11.4 Å². The lowest BCUT2D eigenvalue weighted by molar-refractivity contribution is 0.0987. The Hall–Kier alpha value is -2.97.